The van der Waals surface area contributed by atoms with Crippen LogP contribution < -0.4 is 5.73 Å². The van der Waals surface area contributed by atoms with Gasteiger partial charge < -0.3 is 15.7 Å². The van der Waals surface area contributed by atoms with Gasteiger partial charge in [-0.3, -0.25) is 4.79 Å². The van der Waals surface area contributed by atoms with Crippen molar-refractivity contribution < 1.29 is 9.90 Å². The molecule has 1 amide bonds. The summed E-state index contributed by atoms with van der Waals surface area (Å²) in [7, 11) is 3.44. The maximum absolute atomic E-state index is 12.2. The Labute approximate surface area is 118 Å². The highest BCUT2D eigenvalue weighted by Gasteiger charge is 2.15. The summed E-state index contributed by atoms with van der Waals surface area (Å²) in [6.07, 6.45) is 0. The summed E-state index contributed by atoms with van der Waals surface area (Å²) in [5, 5.41) is 9.12. The summed E-state index contributed by atoms with van der Waals surface area (Å²) in [6, 6.07) is 12.7. The number of nitrogens with zero attached hydrogens (tertiary/aromatic N) is 1. The Morgan fingerprint density at radius 3 is 2.45 bits per heavy atom. The van der Waals surface area contributed by atoms with Gasteiger partial charge in [0.1, 0.15) is 0 Å². The Kier molecular flexibility index (Phi) is 4.05. The molecule has 0 heterocycles. The molecule has 3 N–H and O–H groups in total. The van der Waals surface area contributed by atoms with Crippen molar-refractivity contribution in [1.82, 2.24) is 4.90 Å². The Bertz CT molecular complexity index is 636. The quantitative estimate of drug-likeness (QED) is 0.840. The fourth-order valence-corrected chi connectivity index (χ4v) is 2.10. The van der Waals surface area contributed by atoms with Gasteiger partial charge in [-0.15, -0.1) is 0 Å². The largest absolute Gasteiger partial charge is 0.398 e. The topological polar surface area (TPSA) is 66.6 Å². The van der Waals surface area contributed by atoms with E-state index in [1.807, 2.05) is 30.3 Å². The molecule has 2 aromatic carbocycles. The van der Waals surface area contributed by atoms with Crippen LogP contribution in [0.3, 0.4) is 0 Å². The number of nitrogens with two attached hydrogens (primary N) is 1. The first-order valence-corrected chi connectivity index (χ1v) is 6.35. The third-order valence-corrected chi connectivity index (χ3v) is 3.15. The maximum Gasteiger partial charge on any atom is 0.253 e. The van der Waals surface area contributed by atoms with E-state index in [4.69, 9.17) is 10.8 Å². The lowest BCUT2D eigenvalue weighted by Crippen LogP contribution is -2.22. The lowest BCUT2D eigenvalue weighted by molar-refractivity contribution is 0.0828. The fraction of sp³-hybridized carbons (Fsp3) is 0.188. The van der Waals surface area contributed by atoms with Crippen molar-refractivity contribution in [3.05, 3.63) is 53.6 Å². The predicted molar refractivity (Wildman–Crippen MR) is 80.2 cm³/mol. The van der Waals surface area contributed by atoms with Crippen molar-refractivity contribution in [2.75, 3.05) is 19.8 Å². The molecule has 20 heavy (non-hydrogen) atoms. The summed E-state index contributed by atoms with van der Waals surface area (Å²) in [5.74, 6) is -0.0637. The van der Waals surface area contributed by atoms with Crippen LogP contribution in [-0.2, 0) is 6.61 Å². The average Bonchev–Trinajstić information content (AvgIpc) is 2.46. The number of amides is 1. The Hall–Kier alpha value is -2.33. The Morgan fingerprint density at radius 2 is 1.85 bits per heavy atom. The van der Waals surface area contributed by atoms with Gasteiger partial charge in [0.05, 0.1) is 6.61 Å². The van der Waals surface area contributed by atoms with E-state index in [9.17, 15) is 4.79 Å². The second kappa shape index (κ2) is 5.75. The van der Waals surface area contributed by atoms with E-state index in [0.29, 0.717) is 11.3 Å². The van der Waals surface area contributed by atoms with E-state index in [2.05, 4.69) is 0 Å². The van der Waals surface area contributed by atoms with Crippen molar-refractivity contribution in [2.45, 2.75) is 6.61 Å². The minimum Gasteiger partial charge on any atom is -0.398 e. The van der Waals surface area contributed by atoms with E-state index in [1.54, 1.807) is 26.2 Å². The van der Waals surface area contributed by atoms with Crippen LogP contribution in [0.2, 0.25) is 0 Å². The summed E-state index contributed by atoms with van der Waals surface area (Å²) in [5.41, 5.74) is 9.55. The van der Waals surface area contributed by atoms with Crippen LogP contribution >= 0.6 is 0 Å². The van der Waals surface area contributed by atoms with E-state index >= 15 is 0 Å². The molecule has 0 atom stereocenters. The van der Waals surface area contributed by atoms with Crippen LogP contribution in [0.5, 0.6) is 0 Å². The van der Waals surface area contributed by atoms with Crippen molar-refractivity contribution >= 4 is 11.6 Å². The second-order valence-electron chi connectivity index (χ2n) is 4.82. The van der Waals surface area contributed by atoms with Gasteiger partial charge in [-0.25, -0.2) is 0 Å². The molecular formula is C16H18N2O2. The summed E-state index contributed by atoms with van der Waals surface area (Å²) in [4.78, 5) is 13.8. The smallest absolute Gasteiger partial charge is 0.253 e. The monoisotopic (exact) mass is 270 g/mol. The molecule has 0 saturated heterocycles. The average molecular weight is 270 g/mol. The third kappa shape index (κ3) is 2.65. The van der Waals surface area contributed by atoms with Gasteiger partial charge in [-0.1, -0.05) is 30.3 Å². The van der Waals surface area contributed by atoms with Crippen LogP contribution in [0.1, 0.15) is 15.9 Å². The van der Waals surface area contributed by atoms with Gasteiger partial charge in [0, 0.05) is 30.9 Å². The zero-order chi connectivity index (χ0) is 14.7. The van der Waals surface area contributed by atoms with E-state index < -0.39 is 0 Å². The molecule has 2 rings (SSSR count). The lowest BCUT2D eigenvalue weighted by Gasteiger charge is -2.15. The van der Waals surface area contributed by atoms with E-state index in [-0.39, 0.29) is 12.5 Å². The van der Waals surface area contributed by atoms with Gasteiger partial charge in [0.15, 0.2) is 0 Å². The molecule has 104 valence electrons. The second-order valence-corrected chi connectivity index (χ2v) is 4.82. The number of carbonyl (C=O) groups excluding carboxylic acids is 1. The maximum atomic E-state index is 12.2. The zero-order valence-corrected chi connectivity index (χ0v) is 11.6. The van der Waals surface area contributed by atoms with Crippen molar-refractivity contribution in [3.8, 4) is 11.1 Å². The fourth-order valence-electron chi connectivity index (χ4n) is 2.10. The highest BCUT2D eigenvalue weighted by Crippen LogP contribution is 2.30. The van der Waals surface area contributed by atoms with Crippen LogP contribution in [0.15, 0.2) is 42.5 Å². The Balaban J connectivity index is 2.56. The molecule has 4 nitrogen and oxygen atoms in total. The van der Waals surface area contributed by atoms with Gasteiger partial charge in [-0.05, 0) is 23.3 Å². The van der Waals surface area contributed by atoms with E-state index in [0.717, 1.165) is 16.7 Å². The molecule has 0 aromatic heterocycles. The third-order valence-electron chi connectivity index (χ3n) is 3.15. The first-order chi connectivity index (χ1) is 9.54. The minimum atomic E-state index is -0.0637. The molecule has 0 bridgehead atoms. The molecule has 0 aliphatic carbocycles. The predicted octanol–water partition coefficient (Wildman–Crippen LogP) is 2.13. The number of hydrogen-bond acceptors (Lipinski definition) is 3. The zero-order valence-electron chi connectivity index (χ0n) is 11.6. The lowest BCUT2D eigenvalue weighted by atomic mass is 9.96. The highest BCUT2D eigenvalue weighted by atomic mass is 16.3. The molecule has 0 spiro atoms. The van der Waals surface area contributed by atoms with Gasteiger partial charge in [0.25, 0.3) is 5.91 Å². The highest BCUT2D eigenvalue weighted by molar-refractivity contribution is 6.02. The van der Waals surface area contributed by atoms with Crippen LogP contribution in [-0.4, -0.2) is 30.0 Å². The number of aliphatic hydroxyl groups excluding tert-OH is 1. The van der Waals surface area contributed by atoms with Crippen LogP contribution in [0.25, 0.3) is 11.1 Å². The molecule has 0 saturated carbocycles. The SMILES string of the molecule is CN(C)C(=O)c1ccccc1-c1ccc(CO)cc1N. The number of aliphatic hydroxyl groups is 1. The van der Waals surface area contributed by atoms with Crippen molar-refractivity contribution in [3.63, 3.8) is 0 Å². The number of anilines is 1. The molecule has 0 fully saturated rings. The van der Waals surface area contributed by atoms with Gasteiger partial charge in [-0.2, -0.15) is 0 Å². The van der Waals surface area contributed by atoms with Gasteiger partial charge >= 0.3 is 0 Å². The first kappa shape index (κ1) is 14.1. The number of hydrogen-bond donors (Lipinski definition) is 2. The molecule has 0 unspecified atom stereocenters. The number of nitrogen functional groups attached to an aromatic ring is 1. The first-order valence-electron chi connectivity index (χ1n) is 6.35. The van der Waals surface area contributed by atoms with Crippen LogP contribution in [0, 0.1) is 0 Å². The number of benzene rings is 2. The molecule has 0 radical (unpaired) electrons. The molecule has 0 aliphatic rings. The summed E-state index contributed by atoms with van der Waals surface area (Å²) in [6.45, 7) is -0.0528. The van der Waals surface area contributed by atoms with Crippen molar-refractivity contribution in [2.24, 2.45) is 0 Å². The Morgan fingerprint density at radius 1 is 1.15 bits per heavy atom. The van der Waals surface area contributed by atoms with Crippen LogP contribution in [0.4, 0.5) is 5.69 Å². The molecule has 2 aromatic rings. The minimum absolute atomic E-state index is 0.0528. The van der Waals surface area contributed by atoms with Gasteiger partial charge in [0.2, 0.25) is 0 Å². The number of carbonyl (C=O) groups is 1. The molecule has 4 heteroatoms. The van der Waals surface area contributed by atoms with E-state index in [1.165, 1.54) is 4.90 Å². The van der Waals surface area contributed by atoms with Crippen molar-refractivity contribution in [1.29, 1.82) is 0 Å². The molecule has 0 aliphatic heterocycles. The molecular weight excluding hydrogens is 252 g/mol. The summed E-state index contributed by atoms with van der Waals surface area (Å²) >= 11 is 0. The normalized spacial score (nSPS) is 10.3. The summed E-state index contributed by atoms with van der Waals surface area (Å²) < 4.78 is 0. The standard InChI is InChI=1S/C16H18N2O2/c1-18(2)16(20)14-6-4-3-5-12(14)13-8-7-11(10-19)9-15(13)17/h3-9,19H,10,17H2,1-2H3. The number of rotatable bonds is 3.